The first-order chi connectivity index (χ1) is 9.24. The molecular weight excluding hydrogens is 242 g/mol. The fraction of sp³-hybridized carbons (Fsp3) is 0.533. The summed E-state index contributed by atoms with van der Waals surface area (Å²) in [7, 11) is 0. The fourth-order valence-corrected chi connectivity index (χ4v) is 2.18. The van der Waals surface area contributed by atoms with Crippen LogP contribution in [0.3, 0.4) is 0 Å². The first-order valence-corrected chi connectivity index (χ1v) is 6.90. The summed E-state index contributed by atoms with van der Waals surface area (Å²) in [5.74, 6) is 1.73. The number of amides is 1. The van der Waals surface area contributed by atoms with Gasteiger partial charge in [-0.15, -0.1) is 0 Å². The van der Waals surface area contributed by atoms with Gasteiger partial charge in [-0.1, -0.05) is 19.1 Å². The number of fused-ring (bicyclic) bond motifs is 1. The van der Waals surface area contributed by atoms with E-state index in [1.165, 1.54) is 0 Å². The summed E-state index contributed by atoms with van der Waals surface area (Å²) in [6, 6.07) is 7.63. The summed E-state index contributed by atoms with van der Waals surface area (Å²) < 4.78 is 11.5. The van der Waals surface area contributed by atoms with E-state index in [2.05, 4.69) is 0 Å². The first-order valence-electron chi connectivity index (χ1n) is 6.90. The van der Waals surface area contributed by atoms with E-state index in [9.17, 15) is 4.79 Å². The number of nitrogens with zero attached hydrogens (tertiary/aromatic N) is 1. The Morgan fingerprint density at radius 1 is 1.32 bits per heavy atom. The van der Waals surface area contributed by atoms with Gasteiger partial charge in [0.15, 0.2) is 17.6 Å². The van der Waals surface area contributed by atoms with E-state index in [0.717, 1.165) is 17.9 Å². The van der Waals surface area contributed by atoms with Crippen LogP contribution in [0.15, 0.2) is 24.3 Å². The quantitative estimate of drug-likeness (QED) is 0.819. The van der Waals surface area contributed by atoms with E-state index < -0.39 is 0 Å². The predicted molar refractivity (Wildman–Crippen MR) is 73.5 cm³/mol. The zero-order valence-electron chi connectivity index (χ0n) is 11.6. The molecule has 104 valence electrons. The standard InChI is InChI=1S/C15H21NO3/c1-3-7-15(17)16(4-2)10-12-11-18-13-8-5-6-9-14(13)19-12/h5-6,8-9,12H,3-4,7,10-11H2,1-2H3/t12-/m1/s1. The van der Waals surface area contributed by atoms with Crippen molar-refractivity contribution in [2.45, 2.75) is 32.8 Å². The van der Waals surface area contributed by atoms with Gasteiger partial charge in [-0.2, -0.15) is 0 Å². The Bertz CT molecular complexity index is 433. The summed E-state index contributed by atoms with van der Waals surface area (Å²) in [6.07, 6.45) is 1.38. The molecule has 0 saturated heterocycles. The third-order valence-corrected chi connectivity index (χ3v) is 3.19. The number of ether oxygens (including phenoxy) is 2. The van der Waals surface area contributed by atoms with Crippen LogP contribution < -0.4 is 9.47 Å². The van der Waals surface area contributed by atoms with Gasteiger partial charge < -0.3 is 14.4 Å². The first kappa shape index (κ1) is 13.7. The van der Waals surface area contributed by atoms with Crippen LogP contribution in [0.5, 0.6) is 11.5 Å². The summed E-state index contributed by atoms with van der Waals surface area (Å²) in [5.41, 5.74) is 0. The molecule has 0 radical (unpaired) electrons. The van der Waals surface area contributed by atoms with Crippen LogP contribution in [0.2, 0.25) is 0 Å². The maximum atomic E-state index is 11.9. The van der Waals surface area contributed by atoms with Gasteiger partial charge in [0, 0.05) is 13.0 Å². The maximum absolute atomic E-state index is 11.9. The highest BCUT2D eigenvalue weighted by molar-refractivity contribution is 5.76. The van der Waals surface area contributed by atoms with Crippen molar-refractivity contribution in [2.75, 3.05) is 19.7 Å². The predicted octanol–water partition coefficient (Wildman–Crippen LogP) is 2.48. The number of hydrogen-bond donors (Lipinski definition) is 0. The largest absolute Gasteiger partial charge is 0.486 e. The van der Waals surface area contributed by atoms with Gasteiger partial charge in [-0.25, -0.2) is 0 Å². The second-order valence-electron chi connectivity index (χ2n) is 4.68. The van der Waals surface area contributed by atoms with Crippen molar-refractivity contribution >= 4 is 5.91 Å². The van der Waals surface area contributed by atoms with Gasteiger partial charge in [0.1, 0.15) is 6.61 Å². The number of carbonyl (C=O) groups is 1. The molecule has 1 aromatic rings. The topological polar surface area (TPSA) is 38.8 Å². The number of likely N-dealkylation sites (N-methyl/N-ethyl adjacent to an activating group) is 1. The molecule has 1 amide bonds. The lowest BCUT2D eigenvalue weighted by Gasteiger charge is -2.30. The smallest absolute Gasteiger partial charge is 0.222 e. The minimum Gasteiger partial charge on any atom is -0.486 e. The molecule has 4 nitrogen and oxygen atoms in total. The van der Waals surface area contributed by atoms with E-state index in [0.29, 0.717) is 26.1 Å². The molecule has 2 rings (SSSR count). The molecule has 0 aliphatic carbocycles. The minimum atomic E-state index is -0.0874. The van der Waals surface area contributed by atoms with Crippen molar-refractivity contribution in [3.63, 3.8) is 0 Å². The molecule has 19 heavy (non-hydrogen) atoms. The lowest BCUT2D eigenvalue weighted by molar-refractivity contribution is -0.132. The Kier molecular flexibility index (Phi) is 4.66. The van der Waals surface area contributed by atoms with Crippen LogP contribution in [0.25, 0.3) is 0 Å². The van der Waals surface area contributed by atoms with Crippen molar-refractivity contribution in [1.29, 1.82) is 0 Å². The summed E-state index contributed by atoms with van der Waals surface area (Å²) in [4.78, 5) is 13.8. The normalized spacial score (nSPS) is 17.1. The van der Waals surface area contributed by atoms with Crippen LogP contribution >= 0.6 is 0 Å². The molecule has 0 spiro atoms. The number of benzene rings is 1. The van der Waals surface area contributed by atoms with E-state index in [4.69, 9.17) is 9.47 Å². The lowest BCUT2D eigenvalue weighted by Crippen LogP contribution is -2.43. The van der Waals surface area contributed by atoms with Gasteiger partial charge >= 0.3 is 0 Å². The molecule has 1 heterocycles. The Hall–Kier alpha value is -1.71. The average molecular weight is 263 g/mol. The van der Waals surface area contributed by atoms with Gasteiger partial charge in [0.25, 0.3) is 0 Å². The van der Waals surface area contributed by atoms with Crippen LogP contribution in [-0.2, 0) is 4.79 Å². The summed E-state index contributed by atoms with van der Waals surface area (Å²) in [5, 5.41) is 0. The second-order valence-corrected chi connectivity index (χ2v) is 4.68. The Balaban J connectivity index is 1.95. The Labute approximate surface area is 114 Å². The molecule has 0 unspecified atom stereocenters. The van der Waals surface area contributed by atoms with Crippen molar-refractivity contribution < 1.29 is 14.3 Å². The molecule has 4 heteroatoms. The zero-order chi connectivity index (χ0) is 13.7. The van der Waals surface area contributed by atoms with Crippen molar-refractivity contribution in [2.24, 2.45) is 0 Å². The van der Waals surface area contributed by atoms with Crippen LogP contribution in [0.4, 0.5) is 0 Å². The van der Waals surface area contributed by atoms with Crippen LogP contribution in [0, 0.1) is 0 Å². The third kappa shape index (κ3) is 3.40. The Morgan fingerprint density at radius 3 is 2.74 bits per heavy atom. The fourth-order valence-electron chi connectivity index (χ4n) is 2.18. The third-order valence-electron chi connectivity index (χ3n) is 3.19. The zero-order valence-corrected chi connectivity index (χ0v) is 11.6. The molecule has 0 N–H and O–H groups in total. The monoisotopic (exact) mass is 263 g/mol. The molecule has 0 fully saturated rings. The van der Waals surface area contributed by atoms with Crippen LogP contribution in [0.1, 0.15) is 26.7 Å². The van der Waals surface area contributed by atoms with Gasteiger partial charge in [0.2, 0.25) is 5.91 Å². The highest BCUT2D eigenvalue weighted by atomic mass is 16.6. The molecule has 1 aliphatic heterocycles. The second kappa shape index (κ2) is 6.45. The van der Waals surface area contributed by atoms with E-state index in [-0.39, 0.29) is 12.0 Å². The van der Waals surface area contributed by atoms with Gasteiger partial charge in [0.05, 0.1) is 6.54 Å². The van der Waals surface area contributed by atoms with E-state index in [1.807, 2.05) is 43.0 Å². The molecule has 1 aliphatic rings. The van der Waals surface area contributed by atoms with E-state index >= 15 is 0 Å². The Morgan fingerprint density at radius 2 is 2.05 bits per heavy atom. The molecule has 1 atom stereocenters. The SMILES string of the molecule is CCCC(=O)N(CC)C[C@@H]1COc2ccccc2O1. The van der Waals surface area contributed by atoms with Crippen molar-refractivity contribution in [3.05, 3.63) is 24.3 Å². The highest BCUT2D eigenvalue weighted by Gasteiger charge is 2.24. The molecule has 1 aromatic carbocycles. The van der Waals surface area contributed by atoms with Gasteiger partial charge in [-0.3, -0.25) is 4.79 Å². The number of hydrogen-bond acceptors (Lipinski definition) is 3. The summed E-state index contributed by atoms with van der Waals surface area (Å²) in [6.45, 7) is 5.80. The average Bonchev–Trinajstić information content (AvgIpc) is 2.44. The van der Waals surface area contributed by atoms with Crippen LogP contribution in [-0.4, -0.2) is 36.6 Å². The summed E-state index contributed by atoms with van der Waals surface area (Å²) >= 11 is 0. The number of carbonyl (C=O) groups excluding carboxylic acids is 1. The van der Waals surface area contributed by atoms with E-state index in [1.54, 1.807) is 0 Å². The molecule has 0 bridgehead atoms. The maximum Gasteiger partial charge on any atom is 0.222 e. The highest BCUT2D eigenvalue weighted by Crippen LogP contribution is 2.31. The molecule has 0 aromatic heterocycles. The van der Waals surface area contributed by atoms with Crippen molar-refractivity contribution in [3.8, 4) is 11.5 Å². The lowest BCUT2D eigenvalue weighted by atomic mass is 10.2. The molecule has 0 saturated carbocycles. The van der Waals surface area contributed by atoms with Gasteiger partial charge in [-0.05, 0) is 25.5 Å². The molecular formula is C15H21NO3. The number of para-hydroxylation sites is 2. The number of rotatable bonds is 5. The minimum absolute atomic E-state index is 0.0874. The van der Waals surface area contributed by atoms with Crippen molar-refractivity contribution in [1.82, 2.24) is 4.90 Å².